The molecule has 2 aromatic heterocycles. The van der Waals surface area contributed by atoms with Crippen molar-refractivity contribution in [3.8, 4) is 6.07 Å². The number of unbranched alkanes of at least 4 members (excludes halogenated alkanes) is 1. The lowest BCUT2D eigenvalue weighted by atomic mass is 9.89. The molecular formula is C17H24N4. The third-order valence-electron chi connectivity index (χ3n) is 3.84. The Morgan fingerprint density at radius 2 is 2.19 bits per heavy atom. The molecule has 0 radical (unpaired) electrons. The average molecular weight is 284 g/mol. The van der Waals surface area contributed by atoms with Gasteiger partial charge in [0.2, 0.25) is 0 Å². The van der Waals surface area contributed by atoms with Crippen LogP contribution in [0.4, 0.5) is 0 Å². The topological polar surface area (TPSA) is 53.6 Å². The highest BCUT2D eigenvalue weighted by molar-refractivity contribution is 5.80. The van der Waals surface area contributed by atoms with Crippen molar-refractivity contribution in [1.82, 2.24) is 14.9 Å². The van der Waals surface area contributed by atoms with E-state index in [1.54, 1.807) is 0 Å². The van der Waals surface area contributed by atoms with Gasteiger partial charge in [-0.1, -0.05) is 6.42 Å². The predicted octanol–water partition coefficient (Wildman–Crippen LogP) is 3.48. The lowest BCUT2D eigenvalue weighted by molar-refractivity contribution is 0.418. The first-order chi connectivity index (χ1) is 10.1. The highest BCUT2D eigenvalue weighted by Crippen LogP contribution is 2.23. The molecule has 0 aliphatic carbocycles. The second-order valence-electron chi connectivity index (χ2n) is 6.21. The van der Waals surface area contributed by atoms with Crippen LogP contribution in [-0.2, 0) is 13.1 Å². The van der Waals surface area contributed by atoms with Crippen molar-refractivity contribution in [2.75, 3.05) is 7.05 Å². The standard InChI is InChI=1S/C17H24N4/c1-17(2,13-18)8-4-5-10-21-12-14(11-19-3)15-7-6-9-20-16(15)21/h6-7,9,12,19H,4-5,8,10-11H2,1-3H3. The molecular weight excluding hydrogens is 260 g/mol. The number of nitrogens with one attached hydrogen (secondary N) is 1. The van der Waals surface area contributed by atoms with Crippen molar-refractivity contribution < 1.29 is 0 Å². The summed E-state index contributed by atoms with van der Waals surface area (Å²) >= 11 is 0. The molecule has 0 aromatic carbocycles. The average Bonchev–Trinajstić information content (AvgIpc) is 2.83. The minimum atomic E-state index is -0.214. The van der Waals surface area contributed by atoms with E-state index in [0.29, 0.717) is 0 Å². The molecule has 0 amide bonds. The summed E-state index contributed by atoms with van der Waals surface area (Å²) in [5.74, 6) is 0. The van der Waals surface area contributed by atoms with Gasteiger partial charge in [0.25, 0.3) is 0 Å². The molecule has 0 unspecified atom stereocenters. The van der Waals surface area contributed by atoms with Crippen LogP contribution in [0.3, 0.4) is 0 Å². The van der Waals surface area contributed by atoms with Crippen LogP contribution in [0.2, 0.25) is 0 Å². The Morgan fingerprint density at radius 3 is 2.90 bits per heavy atom. The molecule has 2 aromatic rings. The second-order valence-corrected chi connectivity index (χ2v) is 6.21. The Bertz CT molecular complexity index is 634. The number of pyridine rings is 1. The van der Waals surface area contributed by atoms with Gasteiger partial charge in [-0.05, 0) is 51.4 Å². The van der Waals surface area contributed by atoms with E-state index in [0.717, 1.165) is 38.0 Å². The second kappa shape index (κ2) is 6.73. The van der Waals surface area contributed by atoms with Crippen LogP contribution >= 0.6 is 0 Å². The van der Waals surface area contributed by atoms with Gasteiger partial charge in [-0.3, -0.25) is 0 Å². The zero-order valence-corrected chi connectivity index (χ0v) is 13.2. The van der Waals surface area contributed by atoms with E-state index < -0.39 is 0 Å². The molecule has 0 aliphatic heterocycles. The third-order valence-corrected chi connectivity index (χ3v) is 3.84. The monoisotopic (exact) mass is 284 g/mol. The summed E-state index contributed by atoms with van der Waals surface area (Å²) < 4.78 is 2.24. The SMILES string of the molecule is CNCc1cn(CCCCC(C)(C)C#N)c2ncccc12. The maximum Gasteiger partial charge on any atom is 0.140 e. The fourth-order valence-corrected chi connectivity index (χ4v) is 2.60. The van der Waals surface area contributed by atoms with E-state index in [2.05, 4.69) is 33.2 Å². The Balaban J connectivity index is 2.04. The molecule has 0 spiro atoms. The molecule has 0 saturated heterocycles. The number of hydrogen-bond acceptors (Lipinski definition) is 3. The molecule has 1 N–H and O–H groups in total. The molecule has 21 heavy (non-hydrogen) atoms. The zero-order valence-electron chi connectivity index (χ0n) is 13.2. The van der Waals surface area contributed by atoms with Gasteiger partial charge in [-0.25, -0.2) is 4.98 Å². The van der Waals surface area contributed by atoms with Crippen molar-refractivity contribution in [3.63, 3.8) is 0 Å². The van der Waals surface area contributed by atoms with E-state index in [9.17, 15) is 0 Å². The Labute approximate surface area is 126 Å². The van der Waals surface area contributed by atoms with Gasteiger partial charge < -0.3 is 9.88 Å². The van der Waals surface area contributed by atoms with Crippen LogP contribution in [-0.4, -0.2) is 16.6 Å². The molecule has 112 valence electrons. The first-order valence-electron chi connectivity index (χ1n) is 7.56. The molecule has 0 saturated carbocycles. The Kier molecular flexibility index (Phi) is 4.98. The van der Waals surface area contributed by atoms with Gasteiger partial charge in [0.05, 0.1) is 11.5 Å². The molecule has 2 heterocycles. The van der Waals surface area contributed by atoms with Gasteiger partial charge in [0.15, 0.2) is 0 Å². The molecule has 4 heteroatoms. The maximum absolute atomic E-state index is 9.04. The number of hydrogen-bond donors (Lipinski definition) is 1. The first-order valence-corrected chi connectivity index (χ1v) is 7.56. The fraction of sp³-hybridized carbons (Fsp3) is 0.529. The summed E-state index contributed by atoms with van der Waals surface area (Å²) in [7, 11) is 1.96. The number of fused-ring (bicyclic) bond motifs is 1. The molecule has 2 rings (SSSR count). The molecule has 0 aliphatic rings. The third kappa shape index (κ3) is 3.83. The Hall–Kier alpha value is -1.86. The minimum Gasteiger partial charge on any atom is -0.332 e. The van der Waals surface area contributed by atoms with Gasteiger partial charge >= 0.3 is 0 Å². The van der Waals surface area contributed by atoms with Crippen molar-refractivity contribution in [2.45, 2.75) is 46.2 Å². The molecule has 4 nitrogen and oxygen atoms in total. The van der Waals surface area contributed by atoms with Crippen LogP contribution in [0.15, 0.2) is 24.5 Å². The van der Waals surface area contributed by atoms with Crippen LogP contribution < -0.4 is 5.32 Å². The van der Waals surface area contributed by atoms with Gasteiger partial charge in [0.1, 0.15) is 5.65 Å². The van der Waals surface area contributed by atoms with Crippen LogP contribution in [0.5, 0.6) is 0 Å². The van der Waals surface area contributed by atoms with Crippen molar-refractivity contribution >= 4 is 11.0 Å². The Morgan fingerprint density at radius 1 is 1.38 bits per heavy atom. The number of aromatic nitrogens is 2. The van der Waals surface area contributed by atoms with Crippen molar-refractivity contribution in [1.29, 1.82) is 5.26 Å². The smallest absolute Gasteiger partial charge is 0.140 e. The lowest BCUT2D eigenvalue weighted by Crippen LogP contribution is -2.08. The highest BCUT2D eigenvalue weighted by Gasteiger charge is 2.15. The maximum atomic E-state index is 9.04. The van der Waals surface area contributed by atoms with Gasteiger partial charge in [0, 0.05) is 30.9 Å². The normalized spacial score (nSPS) is 11.7. The van der Waals surface area contributed by atoms with Crippen molar-refractivity contribution in [2.24, 2.45) is 5.41 Å². The van der Waals surface area contributed by atoms with Gasteiger partial charge in [-0.15, -0.1) is 0 Å². The zero-order chi connectivity index (χ0) is 15.3. The summed E-state index contributed by atoms with van der Waals surface area (Å²) in [6.07, 6.45) is 7.13. The highest BCUT2D eigenvalue weighted by atomic mass is 15.0. The number of aryl methyl sites for hydroxylation is 1. The quantitative estimate of drug-likeness (QED) is 0.792. The summed E-state index contributed by atoms with van der Waals surface area (Å²) in [6, 6.07) is 6.48. The lowest BCUT2D eigenvalue weighted by Gasteiger charge is -2.14. The van der Waals surface area contributed by atoms with E-state index >= 15 is 0 Å². The summed E-state index contributed by atoms with van der Waals surface area (Å²) in [6.45, 7) is 5.82. The number of nitriles is 1. The summed E-state index contributed by atoms with van der Waals surface area (Å²) in [4.78, 5) is 4.51. The van der Waals surface area contributed by atoms with E-state index in [-0.39, 0.29) is 5.41 Å². The molecule has 0 fully saturated rings. The van der Waals surface area contributed by atoms with E-state index in [4.69, 9.17) is 5.26 Å². The van der Waals surface area contributed by atoms with E-state index in [1.165, 1.54) is 10.9 Å². The predicted molar refractivity (Wildman–Crippen MR) is 85.7 cm³/mol. The van der Waals surface area contributed by atoms with E-state index in [1.807, 2.05) is 33.2 Å². The molecule has 0 atom stereocenters. The van der Waals surface area contributed by atoms with Crippen LogP contribution in [0, 0.1) is 16.7 Å². The summed E-state index contributed by atoms with van der Waals surface area (Å²) in [5.41, 5.74) is 2.13. The fourth-order valence-electron chi connectivity index (χ4n) is 2.60. The van der Waals surface area contributed by atoms with Crippen LogP contribution in [0.1, 0.15) is 38.7 Å². The van der Waals surface area contributed by atoms with Crippen molar-refractivity contribution in [3.05, 3.63) is 30.1 Å². The first kappa shape index (κ1) is 15.5. The number of rotatable bonds is 7. The van der Waals surface area contributed by atoms with Crippen LogP contribution in [0.25, 0.3) is 11.0 Å². The molecule has 0 bridgehead atoms. The number of nitrogens with zero attached hydrogens (tertiary/aromatic N) is 3. The summed E-state index contributed by atoms with van der Waals surface area (Å²) in [5, 5.41) is 13.5. The minimum absolute atomic E-state index is 0.214. The largest absolute Gasteiger partial charge is 0.332 e. The van der Waals surface area contributed by atoms with Gasteiger partial charge in [-0.2, -0.15) is 5.26 Å².